The summed E-state index contributed by atoms with van der Waals surface area (Å²) in [6.07, 6.45) is 1.79. The fraction of sp³-hybridized carbons (Fsp3) is 0.467. The van der Waals surface area contributed by atoms with Gasteiger partial charge in [-0.2, -0.15) is 10.1 Å². The van der Waals surface area contributed by atoms with E-state index in [4.69, 9.17) is 4.52 Å². The van der Waals surface area contributed by atoms with Crippen molar-refractivity contribution in [1.29, 1.82) is 0 Å². The van der Waals surface area contributed by atoms with Crippen molar-refractivity contribution in [3.63, 3.8) is 0 Å². The average Bonchev–Trinajstić information content (AvgIpc) is 3.15. The Kier molecular flexibility index (Phi) is 4.53. The van der Waals surface area contributed by atoms with Crippen LogP contribution >= 0.6 is 12.4 Å². The number of rotatable bonds is 2. The first kappa shape index (κ1) is 16.8. The van der Waals surface area contributed by atoms with Crippen molar-refractivity contribution in [2.75, 3.05) is 26.7 Å². The van der Waals surface area contributed by atoms with Crippen LogP contribution in [-0.2, 0) is 7.05 Å². The Morgan fingerprint density at radius 1 is 1.29 bits per heavy atom. The van der Waals surface area contributed by atoms with Gasteiger partial charge in [0.25, 0.3) is 5.89 Å². The quantitative estimate of drug-likeness (QED) is 0.746. The van der Waals surface area contributed by atoms with Crippen molar-refractivity contribution in [3.8, 4) is 11.5 Å². The number of halogens is 1. The van der Waals surface area contributed by atoms with Gasteiger partial charge in [0, 0.05) is 32.4 Å². The summed E-state index contributed by atoms with van der Waals surface area (Å²) < 4.78 is 7.30. The molecule has 1 aliphatic heterocycles. The smallest absolute Gasteiger partial charge is 0.258 e. The van der Waals surface area contributed by atoms with Crippen LogP contribution in [0.15, 0.2) is 16.8 Å². The second-order valence-electron chi connectivity index (χ2n) is 5.97. The minimum absolute atomic E-state index is 0. The van der Waals surface area contributed by atoms with E-state index in [1.807, 2.05) is 20.0 Å². The van der Waals surface area contributed by atoms with Crippen molar-refractivity contribution in [2.45, 2.75) is 13.0 Å². The van der Waals surface area contributed by atoms with Crippen molar-refractivity contribution < 1.29 is 4.52 Å². The molecule has 128 valence electrons. The van der Waals surface area contributed by atoms with E-state index in [0.717, 1.165) is 41.9 Å². The first-order chi connectivity index (χ1) is 11.1. The Morgan fingerprint density at radius 2 is 2.12 bits per heavy atom. The van der Waals surface area contributed by atoms with Gasteiger partial charge in [-0.15, -0.1) is 12.4 Å². The van der Waals surface area contributed by atoms with E-state index in [1.54, 1.807) is 10.9 Å². The highest BCUT2D eigenvalue weighted by Gasteiger charge is 2.26. The summed E-state index contributed by atoms with van der Waals surface area (Å²) >= 11 is 0. The molecule has 0 amide bonds. The van der Waals surface area contributed by atoms with E-state index in [0.29, 0.717) is 11.7 Å². The Labute approximate surface area is 145 Å². The number of likely N-dealkylation sites (N-methyl/N-ethyl adjacent to an activating group) is 1. The normalized spacial score (nSPS) is 18.7. The molecule has 9 heteroatoms. The summed E-state index contributed by atoms with van der Waals surface area (Å²) in [6, 6.07) is 2.10. The number of aryl methyl sites for hydroxylation is 2. The minimum Gasteiger partial charge on any atom is -0.334 e. The zero-order valence-corrected chi connectivity index (χ0v) is 14.7. The molecule has 1 atom stereocenters. The molecule has 8 nitrogen and oxygen atoms in total. The van der Waals surface area contributed by atoms with Gasteiger partial charge >= 0.3 is 0 Å². The number of fused-ring (bicyclic) bond motifs is 1. The van der Waals surface area contributed by atoms with Gasteiger partial charge < -0.3 is 9.84 Å². The van der Waals surface area contributed by atoms with E-state index in [9.17, 15) is 0 Å². The molecule has 0 radical (unpaired) electrons. The lowest BCUT2D eigenvalue weighted by Gasteiger charge is -2.30. The highest BCUT2D eigenvalue weighted by Crippen LogP contribution is 2.28. The number of hydrogen-bond donors (Lipinski definition) is 1. The lowest BCUT2D eigenvalue weighted by atomic mass is 10.1. The molecule has 0 aromatic carbocycles. The Hall–Kier alpha value is -2.03. The summed E-state index contributed by atoms with van der Waals surface area (Å²) in [7, 11) is 3.96. The lowest BCUT2D eigenvalue weighted by Crippen LogP contribution is -2.44. The van der Waals surface area contributed by atoms with E-state index in [1.165, 1.54) is 0 Å². The second-order valence-corrected chi connectivity index (χ2v) is 5.97. The maximum absolute atomic E-state index is 5.54. The van der Waals surface area contributed by atoms with E-state index in [2.05, 4.69) is 37.5 Å². The van der Waals surface area contributed by atoms with Crippen LogP contribution in [-0.4, -0.2) is 56.5 Å². The third-order valence-corrected chi connectivity index (χ3v) is 4.31. The summed E-state index contributed by atoms with van der Waals surface area (Å²) in [5.41, 5.74) is 2.59. The number of pyridine rings is 1. The Balaban J connectivity index is 0.00000169. The van der Waals surface area contributed by atoms with Crippen LogP contribution in [0.3, 0.4) is 0 Å². The van der Waals surface area contributed by atoms with Gasteiger partial charge in [0.2, 0.25) is 0 Å². The van der Waals surface area contributed by atoms with E-state index < -0.39 is 0 Å². The highest BCUT2D eigenvalue weighted by molar-refractivity contribution is 5.90. The third kappa shape index (κ3) is 2.77. The summed E-state index contributed by atoms with van der Waals surface area (Å²) in [6.45, 7) is 4.73. The molecule has 3 aromatic heterocycles. The zero-order chi connectivity index (χ0) is 16.0. The number of hydrogen-bond acceptors (Lipinski definition) is 7. The molecule has 1 unspecified atom stereocenters. The zero-order valence-electron chi connectivity index (χ0n) is 13.9. The standard InChI is InChI=1S/C15H19N7O.ClH/c1-9-6-10(11-7-17-22(3)14(11)18-9)15-19-13(20-23-15)12-8-16-4-5-21(12)2;/h6-7,12,16H,4-5,8H2,1-3H3;1H. The van der Waals surface area contributed by atoms with Crippen molar-refractivity contribution >= 4 is 23.4 Å². The van der Waals surface area contributed by atoms with Crippen LogP contribution in [0, 0.1) is 6.92 Å². The molecule has 0 saturated carbocycles. The average molecular weight is 350 g/mol. The number of aromatic nitrogens is 5. The summed E-state index contributed by atoms with van der Waals surface area (Å²) in [5, 5.41) is 12.8. The van der Waals surface area contributed by atoms with Crippen molar-refractivity contribution in [3.05, 3.63) is 23.8 Å². The second kappa shape index (κ2) is 6.46. The molecule has 1 aliphatic rings. The van der Waals surface area contributed by atoms with E-state index in [-0.39, 0.29) is 18.4 Å². The van der Waals surface area contributed by atoms with Gasteiger partial charge in [0.1, 0.15) is 0 Å². The van der Waals surface area contributed by atoms with Gasteiger partial charge in [-0.3, -0.25) is 9.58 Å². The van der Waals surface area contributed by atoms with Crippen LogP contribution in [0.1, 0.15) is 17.6 Å². The molecule has 0 aliphatic carbocycles. The molecule has 1 fully saturated rings. The van der Waals surface area contributed by atoms with Crippen LogP contribution in [0.25, 0.3) is 22.5 Å². The number of piperazine rings is 1. The van der Waals surface area contributed by atoms with Gasteiger partial charge in [-0.1, -0.05) is 5.16 Å². The molecule has 0 bridgehead atoms. The predicted octanol–water partition coefficient (Wildman–Crippen LogP) is 1.32. The van der Waals surface area contributed by atoms with Gasteiger partial charge in [-0.05, 0) is 20.0 Å². The topological polar surface area (TPSA) is 84.9 Å². The van der Waals surface area contributed by atoms with Crippen LogP contribution in [0.2, 0.25) is 0 Å². The van der Waals surface area contributed by atoms with E-state index >= 15 is 0 Å². The first-order valence-electron chi connectivity index (χ1n) is 7.68. The van der Waals surface area contributed by atoms with Crippen LogP contribution in [0.4, 0.5) is 0 Å². The predicted molar refractivity (Wildman–Crippen MR) is 92.0 cm³/mol. The molecule has 0 spiro atoms. The maximum atomic E-state index is 5.54. The first-order valence-corrected chi connectivity index (χ1v) is 7.68. The highest BCUT2D eigenvalue weighted by atomic mass is 35.5. The van der Waals surface area contributed by atoms with Crippen LogP contribution < -0.4 is 5.32 Å². The van der Waals surface area contributed by atoms with Crippen LogP contribution in [0.5, 0.6) is 0 Å². The molecule has 1 saturated heterocycles. The molecule has 3 aromatic rings. The molecule has 1 N–H and O–H groups in total. The Bertz CT molecular complexity index is 859. The molecule has 24 heavy (non-hydrogen) atoms. The Morgan fingerprint density at radius 3 is 2.92 bits per heavy atom. The fourth-order valence-corrected chi connectivity index (χ4v) is 2.99. The number of nitrogens with zero attached hydrogens (tertiary/aromatic N) is 6. The third-order valence-electron chi connectivity index (χ3n) is 4.31. The molecule has 4 rings (SSSR count). The number of nitrogens with one attached hydrogen (secondary N) is 1. The van der Waals surface area contributed by atoms with Crippen molar-refractivity contribution in [1.82, 2.24) is 35.1 Å². The molecular formula is C15H20ClN7O. The van der Waals surface area contributed by atoms with Crippen molar-refractivity contribution in [2.24, 2.45) is 7.05 Å². The summed E-state index contributed by atoms with van der Waals surface area (Å²) in [4.78, 5) is 11.4. The summed E-state index contributed by atoms with van der Waals surface area (Å²) in [5.74, 6) is 1.23. The maximum Gasteiger partial charge on any atom is 0.258 e. The van der Waals surface area contributed by atoms with Gasteiger partial charge in [0.05, 0.1) is 23.2 Å². The van der Waals surface area contributed by atoms with Gasteiger partial charge in [-0.25, -0.2) is 4.98 Å². The monoisotopic (exact) mass is 349 g/mol. The molecular weight excluding hydrogens is 330 g/mol. The minimum atomic E-state index is 0. The lowest BCUT2D eigenvalue weighted by molar-refractivity contribution is 0.190. The SMILES string of the molecule is Cc1cc(-c2nc(C3CNCCN3C)no2)c2cnn(C)c2n1.Cl. The fourth-order valence-electron chi connectivity index (χ4n) is 2.99. The largest absolute Gasteiger partial charge is 0.334 e. The van der Waals surface area contributed by atoms with Gasteiger partial charge in [0.15, 0.2) is 11.5 Å². The molecule has 4 heterocycles.